The van der Waals surface area contributed by atoms with Crippen molar-refractivity contribution in [3.8, 4) is 5.75 Å². The molecule has 1 rings (SSSR count). The van der Waals surface area contributed by atoms with E-state index in [-0.39, 0.29) is 14.5 Å². The van der Waals surface area contributed by atoms with Crippen LogP contribution < -0.4 is 4.18 Å². The van der Waals surface area contributed by atoms with Gasteiger partial charge in [-0.25, -0.2) is 0 Å². The number of hydrogen-bond acceptors (Lipinski definition) is 5. The van der Waals surface area contributed by atoms with E-state index in [4.69, 9.17) is 0 Å². The second-order valence-electron chi connectivity index (χ2n) is 3.39. The van der Waals surface area contributed by atoms with Crippen LogP contribution in [-0.4, -0.2) is 18.8 Å². The van der Waals surface area contributed by atoms with Crippen LogP contribution in [-0.2, 0) is 10.1 Å². The fraction of sp³-hybridized carbons (Fsp3) is 0.250. The molecule has 0 fully saturated rings. The molecule has 20 heavy (non-hydrogen) atoms. The Kier molecular flexibility index (Phi) is 4.71. The normalized spacial score (nSPS) is 12.3. The van der Waals surface area contributed by atoms with Gasteiger partial charge in [-0.3, -0.25) is 10.1 Å². The number of benzene rings is 1. The third-order valence-corrected chi connectivity index (χ3v) is 4.56. The van der Waals surface area contributed by atoms with Crippen molar-refractivity contribution in [2.24, 2.45) is 0 Å². The molecule has 0 spiro atoms. The van der Waals surface area contributed by atoms with Crippen molar-refractivity contribution in [3.05, 3.63) is 30.7 Å². The SMILES string of the molecule is Cc1c([N+](=O)[O-])cc(Br)c(OS(=O)(=O)C(F)(F)F)c1Br. The monoisotopic (exact) mass is 441 g/mol. The third kappa shape index (κ3) is 3.23. The molecule has 0 amide bonds. The summed E-state index contributed by atoms with van der Waals surface area (Å²) in [5.41, 5.74) is -6.10. The zero-order chi connectivity index (χ0) is 15.9. The van der Waals surface area contributed by atoms with Crippen LogP contribution >= 0.6 is 31.9 Å². The minimum absolute atomic E-state index is 0.0782. The lowest BCUT2D eigenvalue weighted by molar-refractivity contribution is -0.385. The molecule has 0 saturated heterocycles. The lowest BCUT2D eigenvalue weighted by Crippen LogP contribution is -2.28. The number of halogens is 5. The lowest BCUT2D eigenvalue weighted by atomic mass is 10.2. The number of rotatable bonds is 3. The summed E-state index contributed by atoms with van der Waals surface area (Å²) >= 11 is 5.51. The molecule has 0 heterocycles. The van der Waals surface area contributed by atoms with E-state index in [0.717, 1.165) is 6.07 Å². The average molecular weight is 443 g/mol. The molecule has 112 valence electrons. The number of nitrogens with zero attached hydrogens (tertiary/aromatic N) is 1. The Labute approximate surface area is 127 Å². The predicted octanol–water partition coefficient (Wildman–Crippen LogP) is 3.66. The fourth-order valence-corrected chi connectivity index (χ4v) is 3.07. The van der Waals surface area contributed by atoms with Crippen LogP contribution in [0.4, 0.5) is 18.9 Å². The van der Waals surface area contributed by atoms with Crippen molar-refractivity contribution in [1.29, 1.82) is 0 Å². The molecule has 0 bridgehead atoms. The van der Waals surface area contributed by atoms with Gasteiger partial charge in [-0.2, -0.15) is 21.6 Å². The summed E-state index contributed by atoms with van der Waals surface area (Å²) in [7, 11) is -5.88. The smallest absolute Gasteiger partial charge is 0.374 e. The highest BCUT2D eigenvalue weighted by molar-refractivity contribution is 9.11. The summed E-state index contributed by atoms with van der Waals surface area (Å²) in [5.74, 6) is -0.717. The van der Waals surface area contributed by atoms with E-state index in [1.807, 2.05) is 0 Å². The second-order valence-corrected chi connectivity index (χ2v) is 6.57. The summed E-state index contributed by atoms with van der Waals surface area (Å²) in [6.45, 7) is 1.22. The molecule has 1 aromatic rings. The quantitative estimate of drug-likeness (QED) is 0.308. The highest BCUT2D eigenvalue weighted by atomic mass is 79.9. The van der Waals surface area contributed by atoms with Crippen LogP contribution in [0.15, 0.2) is 15.0 Å². The summed E-state index contributed by atoms with van der Waals surface area (Å²) in [4.78, 5) is 9.94. The minimum Gasteiger partial charge on any atom is -0.374 e. The maximum absolute atomic E-state index is 12.2. The van der Waals surface area contributed by atoms with Crippen molar-refractivity contribution < 1.29 is 30.7 Å². The van der Waals surface area contributed by atoms with E-state index >= 15 is 0 Å². The lowest BCUT2D eigenvalue weighted by Gasteiger charge is -2.13. The van der Waals surface area contributed by atoms with Crippen LogP contribution in [0.3, 0.4) is 0 Å². The maximum Gasteiger partial charge on any atom is 0.534 e. The Hall–Kier alpha value is -0.880. The number of hydrogen-bond donors (Lipinski definition) is 0. The fourth-order valence-electron chi connectivity index (χ4n) is 1.10. The van der Waals surface area contributed by atoms with Gasteiger partial charge < -0.3 is 4.18 Å². The molecule has 0 aliphatic carbocycles. The first-order valence-corrected chi connectivity index (χ1v) is 7.51. The van der Waals surface area contributed by atoms with Crippen molar-refractivity contribution in [2.75, 3.05) is 0 Å². The van der Waals surface area contributed by atoms with Gasteiger partial charge in [0, 0.05) is 11.6 Å². The average Bonchev–Trinajstić information content (AvgIpc) is 2.27. The first-order chi connectivity index (χ1) is 8.88. The maximum atomic E-state index is 12.2. The topological polar surface area (TPSA) is 86.5 Å². The van der Waals surface area contributed by atoms with Gasteiger partial charge in [-0.05, 0) is 38.8 Å². The van der Waals surface area contributed by atoms with Gasteiger partial charge in [-0.15, -0.1) is 0 Å². The van der Waals surface area contributed by atoms with Gasteiger partial charge >= 0.3 is 15.6 Å². The molecule has 0 atom stereocenters. The number of nitro benzene ring substituents is 1. The molecule has 0 aromatic heterocycles. The van der Waals surface area contributed by atoms with Gasteiger partial charge in [-0.1, -0.05) is 0 Å². The van der Waals surface area contributed by atoms with Crippen LogP contribution in [0.2, 0.25) is 0 Å². The molecular formula is C8H4Br2F3NO5S. The Morgan fingerprint density at radius 2 is 1.85 bits per heavy atom. The third-order valence-electron chi connectivity index (χ3n) is 2.07. The predicted molar refractivity (Wildman–Crippen MR) is 68.8 cm³/mol. The van der Waals surface area contributed by atoms with E-state index < -0.39 is 32.0 Å². The molecule has 0 aliphatic heterocycles. The molecule has 0 saturated carbocycles. The van der Waals surface area contributed by atoms with Crippen LogP contribution in [0.1, 0.15) is 5.56 Å². The summed E-state index contributed by atoms with van der Waals surface area (Å²) in [6.07, 6.45) is 0. The van der Waals surface area contributed by atoms with E-state index in [0.29, 0.717) is 0 Å². The second kappa shape index (κ2) is 5.48. The molecule has 0 N–H and O–H groups in total. The zero-order valence-corrected chi connectivity index (χ0v) is 13.4. The van der Waals surface area contributed by atoms with E-state index in [1.54, 1.807) is 0 Å². The van der Waals surface area contributed by atoms with E-state index in [9.17, 15) is 31.7 Å². The molecule has 0 unspecified atom stereocenters. The Morgan fingerprint density at radius 1 is 1.35 bits per heavy atom. The Morgan fingerprint density at radius 3 is 2.25 bits per heavy atom. The standard InChI is InChI=1S/C8H4Br2F3NO5S/c1-3-5(14(15)16)2-4(9)7(6(3)10)19-20(17,18)8(11,12)13/h2H,1H3. The van der Waals surface area contributed by atoms with E-state index in [1.165, 1.54) is 6.92 Å². The molecule has 1 aromatic carbocycles. The summed E-state index contributed by atoms with van der Waals surface area (Å²) in [6, 6.07) is 0.849. The van der Waals surface area contributed by atoms with Crippen LogP contribution in [0.25, 0.3) is 0 Å². The van der Waals surface area contributed by atoms with Crippen molar-refractivity contribution in [1.82, 2.24) is 0 Å². The first kappa shape index (κ1) is 17.2. The highest BCUT2D eigenvalue weighted by Gasteiger charge is 2.49. The van der Waals surface area contributed by atoms with Crippen molar-refractivity contribution in [3.63, 3.8) is 0 Å². The van der Waals surface area contributed by atoms with Gasteiger partial charge in [0.1, 0.15) is 0 Å². The molecule has 0 radical (unpaired) electrons. The highest BCUT2D eigenvalue weighted by Crippen LogP contribution is 2.42. The summed E-state index contributed by atoms with van der Waals surface area (Å²) in [5, 5.41) is 10.7. The Balaban J connectivity index is 3.44. The number of alkyl halides is 3. The van der Waals surface area contributed by atoms with Crippen molar-refractivity contribution >= 4 is 47.7 Å². The van der Waals surface area contributed by atoms with Crippen LogP contribution in [0.5, 0.6) is 5.75 Å². The minimum atomic E-state index is -5.88. The first-order valence-electron chi connectivity index (χ1n) is 4.52. The van der Waals surface area contributed by atoms with Gasteiger partial charge in [0.05, 0.1) is 13.9 Å². The van der Waals surface area contributed by atoms with E-state index in [2.05, 4.69) is 36.0 Å². The van der Waals surface area contributed by atoms with Gasteiger partial charge in [0.15, 0.2) is 5.75 Å². The van der Waals surface area contributed by atoms with Gasteiger partial charge in [0.25, 0.3) is 5.69 Å². The molecule has 6 nitrogen and oxygen atoms in total. The van der Waals surface area contributed by atoms with Crippen molar-refractivity contribution in [2.45, 2.75) is 12.4 Å². The summed E-state index contributed by atoms with van der Waals surface area (Å²) < 4.78 is 62.0. The zero-order valence-electron chi connectivity index (χ0n) is 9.36. The largest absolute Gasteiger partial charge is 0.534 e. The number of nitro groups is 1. The van der Waals surface area contributed by atoms with Crippen LogP contribution in [0, 0.1) is 17.0 Å². The molecular weight excluding hydrogens is 439 g/mol. The molecule has 0 aliphatic rings. The molecule has 12 heteroatoms. The Bertz CT molecular complexity index is 674. The van der Waals surface area contributed by atoms with Gasteiger partial charge in [0.2, 0.25) is 0 Å².